The Bertz CT molecular complexity index is 1090. The van der Waals surface area contributed by atoms with Crippen LogP contribution in [0.25, 0.3) is 11.0 Å². The van der Waals surface area contributed by atoms with Gasteiger partial charge >= 0.3 is 5.97 Å². The molecule has 3 rings (SSSR count). The highest BCUT2D eigenvalue weighted by molar-refractivity contribution is 5.96. The number of esters is 1. The number of fused-ring (bicyclic) bond motifs is 1. The van der Waals surface area contributed by atoms with Crippen LogP contribution in [0.5, 0.6) is 0 Å². The first-order valence-corrected chi connectivity index (χ1v) is 8.86. The number of anilines is 1. The zero-order chi connectivity index (χ0) is 20.3. The summed E-state index contributed by atoms with van der Waals surface area (Å²) in [5.41, 5.74) is 4.32. The van der Waals surface area contributed by atoms with Crippen molar-refractivity contribution in [3.63, 3.8) is 0 Å². The van der Waals surface area contributed by atoms with Gasteiger partial charge in [0, 0.05) is 10.9 Å². The van der Waals surface area contributed by atoms with Crippen molar-refractivity contribution in [2.45, 2.75) is 33.3 Å². The van der Waals surface area contributed by atoms with Gasteiger partial charge in [0.15, 0.2) is 6.10 Å². The van der Waals surface area contributed by atoms with Crippen molar-refractivity contribution in [2.75, 3.05) is 5.32 Å². The second kappa shape index (κ2) is 7.97. The van der Waals surface area contributed by atoms with Gasteiger partial charge in [-0.3, -0.25) is 9.59 Å². The fraction of sp³-hybridized carbons (Fsp3) is 0.227. The number of aryl methyl sites for hydroxylation is 2. The summed E-state index contributed by atoms with van der Waals surface area (Å²) in [5, 5.41) is 12.6. The summed E-state index contributed by atoms with van der Waals surface area (Å²) in [6, 6.07) is 12.5. The minimum absolute atomic E-state index is 0.00189. The minimum atomic E-state index is -0.999. The zero-order valence-corrected chi connectivity index (χ0v) is 15.9. The number of nitrogens with one attached hydrogen (secondary N) is 1. The topological polar surface area (TPSA) is 92.3 Å². The fourth-order valence-corrected chi connectivity index (χ4v) is 2.90. The summed E-state index contributed by atoms with van der Waals surface area (Å²) in [5.74, 6) is -1.03. The van der Waals surface area contributed by atoms with Crippen molar-refractivity contribution in [1.29, 1.82) is 5.26 Å². The zero-order valence-electron chi connectivity index (χ0n) is 15.9. The number of amides is 1. The highest BCUT2D eigenvalue weighted by Crippen LogP contribution is 2.27. The van der Waals surface area contributed by atoms with E-state index in [1.165, 1.54) is 6.92 Å². The maximum Gasteiger partial charge on any atom is 0.311 e. The van der Waals surface area contributed by atoms with Gasteiger partial charge in [0.2, 0.25) is 0 Å². The van der Waals surface area contributed by atoms with Gasteiger partial charge in [0.1, 0.15) is 11.7 Å². The average molecular weight is 376 g/mol. The van der Waals surface area contributed by atoms with Crippen LogP contribution in [0, 0.1) is 25.2 Å². The van der Waals surface area contributed by atoms with E-state index < -0.39 is 18.0 Å². The molecule has 28 heavy (non-hydrogen) atoms. The molecule has 1 aromatic heterocycles. The van der Waals surface area contributed by atoms with Crippen LogP contribution in [-0.4, -0.2) is 18.0 Å². The molecule has 0 spiro atoms. The summed E-state index contributed by atoms with van der Waals surface area (Å²) < 4.78 is 10.9. The molecule has 2 aromatic carbocycles. The number of nitrogens with zero attached hydrogens (tertiary/aromatic N) is 1. The summed E-state index contributed by atoms with van der Waals surface area (Å²) in [6.07, 6.45) is 0.551. The summed E-state index contributed by atoms with van der Waals surface area (Å²) in [6.45, 7) is 5.45. The Morgan fingerprint density at radius 1 is 1.21 bits per heavy atom. The van der Waals surface area contributed by atoms with E-state index in [0.29, 0.717) is 16.8 Å². The molecule has 0 aliphatic rings. The molecule has 1 atom stereocenters. The SMILES string of the molecule is Cc1ccc2c(CC(=O)O[C@H](C)C(=O)Nc3ccccc3C#N)coc2c1C. The predicted octanol–water partition coefficient (Wildman–Crippen LogP) is 4.03. The molecule has 1 amide bonds. The molecule has 0 aliphatic carbocycles. The third kappa shape index (κ3) is 3.89. The molecule has 0 radical (unpaired) electrons. The van der Waals surface area contributed by atoms with Crippen LogP contribution in [-0.2, 0) is 20.7 Å². The number of nitriles is 1. The van der Waals surface area contributed by atoms with Gasteiger partial charge in [-0.05, 0) is 44.0 Å². The first-order chi connectivity index (χ1) is 13.4. The van der Waals surface area contributed by atoms with E-state index in [1.54, 1.807) is 30.5 Å². The second-order valence-corrected chi connectivity index (χ2v) is 6.60. The fourth-order valence-electron chi connectivity index (χ4n) is 2.90. The highest BCUT2D eigenvalue weighted by Gasteiger charge is 2.20. The number of para-hydroxylation sites is 1. The number of furan rings is 1. The molecular weight excluding hydrogens is 356 g/mol. The van der Waals surface area contributed by atoms with Crippen LogP contribution >= 0.6 is 0 Å². The average Bonchev–Trinajstić information content (AvgIpc) is 3.08. The van der Waals surface area contributed by atoms with Crippen LogP contribution in [0.2, 0.25) is 0 Å². The Hall–Kier alpha value is -3.59. The lowest BCUT2D eigenvalue weighted by atomic mass is 10.0. The molecule has 0 fully saturated rings. The van der Waals surface area contributed by atoms with Crippen molar-refractivity contribution in [1.82, 2.24) is 0 Å². The van der Waals surface area contributed by atoms with E-state index >= 15 is 0 Å². The van der Waals surface area contributed by atoms with E-state index in [0.717, 1.165) is 22.1 Å². The van der Waals surface area contributed by atoms with Crippen LogP contribution in [0.3, 0.4) is 0 Å². The molecule has 3 aromatic rings. The molecule has 0 saturated heterocycles. The first-order valence-electron chi connectivity index (χ1n) is 8.86. The lowest BCUT2D eigenvalue weighted by molar-refractivity contribution is -0.152. The van der Waals surface area contributed by atoms with Gasteiger partial charge in [0.05, 0.1) is 23.9 Å². The number of rotatable bonds is 5. The quantitative estimate of drug-likeness (QED) is 0.679. The van der Waals surface area contributed by atoms with Crippen LogP contribution in [0.1, 0.15) is 29.2 Å². The first kappa shape index (κ1) is 19.2. The van der Waals surface area contributed by atoms with Gasteiger partial charge < -0.3 is 14.5 Å². The van der Waals surface area contributed by atoms with Crippen LogP contribution in [0.4, 0.5) is 5.69 Å². The lowest BCUT2D eigenvalue weighted by Gasteiger charge is -2.14. The predicted molar refractivity (Wildman–Crippen MR) is 105 cm³/mol. The summed E-state index contributed by atoms with van der Waals surface area (Å²) in [4.78, 5) is 24.6. The van der Waals surface area contributed by atoms with E-state index in [2.05, 4.69) is 5.32 Å². The number of benzene rings is 2. The Labute approximate surface area is 162 Å². The molecule has 1 heterocycles. The van der Waals surface area contributed by atoms with Crippen molar-refractivity contribution >= 4 is 28.5 Å². The lowest BCUT2D eigenvalue weighted by Crippen LogP contribution is -2.30. The monoisotopic (exact) mass is 376 g/mol. The maximum absolute atomic E-state index is 12.3. The number of carbonyl (C=O) groups excluding carboxylic acids is 2. The molecule has 142 valence electrons. The Morgan fingerprint density at radius 2 is 1.96 bits per heavy atom. The van der Waals surface area contributed by atoms with Crippen LogP contribution < -0.4 is 5.32 Å². The Morgan fingerprint density at radius 3 is 2.71 bits per heavy atom. The maximum atomic E-state index is 12.3. The number of ether oxygens (including phenoxy) is 1. The van der Waals surface area contributed by atoms with E-state index in [9.17, 15) is 9.59 Å². The molecule has 0 aliphatic heterocycles. The summed E-state index contributed by atoms with van der Waals surface area (Å²) >= 11 is 0. The molecule has 0 unspecified atom stereocenters. The molecule has 6 heteroatoms. The van der Waals surface area contributed by atoms with E-state index in [4.69, 9.17) is 14.4 Å². The third-order valence-electron chi connectivity index (χ3n) is 4.66. The molecule has 1 N–H and O–H groups in total. The van der Waals surface area contributed by atoms with Gasteiger partial charge in [-0.1, -0.05) is 24.3 Å². The highest BCUT2D eigenvalue weighted by atomic mass is 16.5. The van der Waals surface area contributed by atoms with Gasteiger partial charge in [-0.25, -0.2) is 0 Å². The Kier molecular flexibility index (Phi) is 5.46. The Balaban J connectivity index is 1.65. The van der Waals surface area contributed by atoms with Gasteiger partial charge in [-0.2, -0.15) is 5.26 Å². The van der Waals surface area contributed by atoms with Crippen molar-refractivity contribution in [3.8, 4) is 6.07 Å². The summed E-state index contributed by atoms with van der Waals surface area (Å²) in [7, 11) is 0. The largest absolute Gasteiger partial charge is 0.464 e. The van der Waals surface area contributed by atoms with E-state index in [-0.39, 0.29) is 6.42 Å². The number of hydrogen-bond donors (Lipinski definition) is 1. The molecule has 0 saturated carbocycles. The van der Waals surface area contributed by atoms with Gasteiger partial charge in [-0.15, -0.1) is 0 Å². The standard InChI is InChI=1S/C22H20N2O4/c1-13-8-9-18-17(12-27-21(18)14(13)2)10-20(25)28-15(3)22(26)24-19-7-5-4-6-16(19)11-23/h4-9,12,15H,10H2,1-3H3,(H,24,26)/t15-/m1/s1. The van der Waals surface area contributed by atoms with Crippen molar-refractivity contribution in [2.24, 2.45) is 0 Å². The van der Waals surface area contributed by atoms with Crippen molar-refractivity contribution in [3.05, 3.63) is 64.9 Å². The molecule has 0 bridgehead atoms. The molecular formula is C22H20N2O4. The smallest absolute Gasteiger partial charge is 0.311 e. The van der Waals surface area contributed by atoms with Gasteiger partial charge in [0.25, 0.3) is 5.91 Å². The second-order valence-electron chi connectivity index (χ2n) is 6.60. The molecule has 6 nitrogen and oxygen atoms in total. The van der Waals surface area contributed by atoms with E-state index in [1.807, 2.05) is 32.0 Å². The third-order valence-corrected chi connectivity index (χ3v) is 4.66. The number of hydrogen-bond acceptors (Lipinski definition) is 5. The normalized spacial score (nSPS) is 11.6. The van der Waals surface area contributed by atoms with Crippen molar-refractivity contribution < 1.29 is 18.7 Å². The van der Waals surface area contributed by atoms with Crippen LogP contribution in [0.15, 0.2) is 47.1 Å². The minimum Gasteiger partial charge on any atom is -0.464 e. The number of carbonyl (C=O) groups is 2.